The Labute approximate surface area is 175 Å². The van der Waals surface area contributed by atoms with Crippen LogP contribution in [0.4, 0.5) is 4.79 Å². The minimum Gasteiger partial charge on any atom is -0.497 e. The summed E-state index contributed by atoms with van der Waals surface area (Å²) in [6.07, 6.45) is 1.31. The van der Waals surface area contributed by atoms with Crippen molar-refractivity contribution in [3.05, 3.63) is 41.1 Å². The summed E-state index contributed by atoms with van der Waals surface area (Å²) in [6.45, 7) is 3.63. The number of nitrogens with zero attached hydrogens (tertiary/aromatic N) is 1. The quantitative estimate of drug-likeness (QED) is 0.571. The first-order valence-corrected chi connectivity index (χ1v) is 10.1. The highest BCUT2D eigenvalue weighted by Crippen LogP contribution is 2.30. The van der Waals surface area contributed by atoms with E-state index in [-0.39, 0.29) is 18.4 Å². The molecule has 0 saturated carbocycles. The first-order valence-electron chi connectivity index (χ1n) is 10.1. The molecule has 1 aromatic carbocycles. The Kier molecular flexibility index (Phi) is 6.94. The molecule has 0 spiro atoms. The van der Waals surface area contributed by atoms with Gasteiger partial charge in [0.05, 0.1) is 25.3 Å². The van der Waals surface area contributed by atoms with Crippen molar-refractivity contribution >= 4 is 17.9 Å². The highest BCUT2D eigenvalue weighted by atomic mass is 16.5. The van der Waals surface area contributed by atoms with Crippen LogP contribution >= 0.6 is 0 Å². The Hall–Kier alpha value is -3.07. The average molecular weight is 416 g/mol. The fourth-order valence-electron chi connectivity index (χ4n) is 3.86. The third kappa shape index (κ3) is 4.91. The van der Waals surface area contributed by atoms with Crippen molar-refractivity contribution in [1.29, 1.82) is 0 Å². The van der Waals surface area contributed by atoms with Gasteiger partial charge in [-0.3, -0.25) is 9.69 Å². The third-order valence-corrected chi connectivity index (χ3v) is 5.45. The van der Waals surface area contributed by atoms with E-state index in [0.717, 1.165) is 5.56 Å². The Balaban J connectivity index is 1.91. The first-order chi connectivity index (χ1) is 14.4. The zero-order valence-electron chi connectivity index (χ0n) is 17.3. The van der Waals surface area contributed by atoms with E-state index in [2.05, 4.69) is 15.5 Å². The number of amides is 3. The molecule has 2 aliphatic heterocycles. The Morgan fingerprint density at radius 3 is 2.63 bits per heavy atom. The number of carbonyl (C=O) groups is 3. The number of hydrogen-bond acceptors (Lipinski definition) is 6. The number of methoxy groups -OCH3 is 1. The Morgan fingerprint density at radius 1 is 1.27 bits per heavy atom. The maximum atomic E-state index is 12.9. The molecule has 9 heteroatoms. The number of nitrogens with two attached hydrogens (primary N) is 1. The van der Waals surface area contributed by atoms with Crippen molar-refractivity contribution in [3.63, 3.8) is 0 Å². The molecule has 1 aromatic rings. The monoisotopic (exact) mass is 416 g/mol. The van der Waals surface area contributed by atoms with Crippen LogP contribution in [0.3, 0.4) is 0 Å². The SMILES string of the molecule is CCOC(=O)C1=C(CN2CCC(C(N)=O)CC2)NC(=O)N[C@H]1c1cccc(OC)c1. The summed E-state index contributed by atoms with van der Waals surface area (Å²) in [7, 11) is 1.56. The van der Waals surface area contributed by atoms with Crippen LogP contribution in [0.5, 0.6) is 5.75 Å². The minimum absolute atomic E-state index is 0.132. The van der Waals surface area contributed by atoms with E-state index in [0.29, 0.717) is 49.5 Å². The van der Waals surface area contributed by atoms with Gasteiger partial charge in [0.15, 0.2) is 0 Å². The molecule has 0 bridgehead atoms. The first kappa shape index (κ1) is 21.6. The number of hydrogen-bond donors (Lipinski definition) is 3. The lowest BCUT2D eigenvalue weighted by molar-refractivity contribution is -0.139. The summed E-state index contributed by atoms with van der Waals surface area (Å²) >= 11 is 0. The number of ether oxygens (including phenoxy) is 2. The van der Waals surface area contributed by atoms with Crippen molar-refractivity contribution in [2.45, 2.75) is 25.8 Å². The fourth-order valence-corrected chi connectivity index (χ4v) is 3.86. The van der Waals surface area contributed by atoms with Gasteiger partial charge in [-0.15, -0.1) is 0 Å². The van der Waals surface area contributed by atoms with Crippen molar-refractivity contribution in [1.82, 2.24) is 15.5 Å². The van der Waals surface area contributed by atoms with Gasteiger partial charge in [0.2, 0.25) is 5.91 Å². The van der Waals surface area contributed by atoms with Crippen LogP contribution in [0.15, 0.2) is 35.5 Å². The topological polar surface area (TPSA) is 123 Å². The standard InChI is InChI=1S/C21H28N4O5/c1-3-30-20(27)17-16(12-25-9-7-13(8-10-25)19(22)26)23-21(28)24-18(17)14-5-4-6-15(11-14)29-2/h4-6,11,13,18H,3,7-10,12H2,1-2H3,(H2,22,26)(H2,23,24,28)/t18-/m0/s1. The summed E-state index contributed by atoms with van der Waals surface area (Å²) in [4.78, 5) is 38.8. The van der Waals surface area contributed by atoms with Crippen LogP contribution in [0.25, 0.3) is 0 Å². The van der Waals surface area contributed by atoms with Crippen molar-refractivity contribution in [2.24, 2.45) is 11.7 Å². The van der Waals surface area contributed by atoms with Crippen molar-refractivity contribution < 1.29 is 23.9 Å². The molecule has 30 heavy (non-hydrogen) atoms. The number of benzene rings is 1. The summed E-state index contributed by atoms with van der Waals surface area (Å²) in [5, 5.41) is 5.60. The lowest BCUT2D eigenvalue weighted by Crippen LogP contribution is -2.49. The highest BCUT2D eigenvalue weighted by Gasteiger charge is 2.35. The van der Waals surface area contributed by atoms with E-state index in [1.165, 1.54) is 0 Å². The Bertz CT molecular complexity index is 846. The molecule has 1 atom stereocenters. The predicted octanol–water partition coefficient (Wildman–Crippen LogP) is 1.06. The molecule has 0 radical (unpaired) electrons. The predicted molar refractivity (Wildman–Crippen MR) is 109 cm³/mol. The van der Waals surface area contributed by atoms with E-state index in [1.807, 2.05) is 6.07 Å². The van der Waals surface area contributed by atoms with Gasteiger partial charge in [-0.05, 0) is 50.6 Å². The van der Waals surface area contributed by atoms with E-state index >= 15 is 0 Å². The van der Waals surface area contributed by atoms with Gasteiger partial charge < -0.3 is 25.8 Å². The molecular formula is C21H28N4O5. The van der Waals surface area contributed by atoms with Crippen LogP contribution in [0.1, 0.15) is 31.4 Å². The van der Waals surface area contributed by atoms with Crippen LogP contribution in [-0.2, 0) is 14.3 Å². The van der Waals surface area contributed by atoms with Gasteiger partial charge in [-0.2, -0.15) is 0 Å². The minimum atomic E-state index is -0.661. The van der Waals surface area contributed by atoms with Crippen molar-refractivity contribution in [3.8, 4) is 5.75 Å². The third-order valence-electron chi connectivity index (χ3n) is 5.45. The zero-order valence-corrected chi connectivity index (χ0v) is 17.3. The molecule has 3 amide bonds. The number of primary amides is 1. The summed E-state index contributed by atoms with van der Waals surface area (Å²) in [5.41, 5.74) is 7.00. The molecule has 0 unspecified atom stereocenters. The maximum Gasteiger partial charge on any atom is 0.338 e. The molecule has 0 aliphatic carbocycles. The number of rotatable bonds is 7. The summed E-state index contributed by atoms with van der Waals surface area (Å²) in [6, 6.07) is 6.16. The van der Waals surface area contributed by atoms with Crippen molar-refractivity contribution in [2.75, 3.05) is 33.4 Å². The second-order valence-corrected chi connectivity index (χ2v) is 7.37. The average Bonchev–Trinajstić information content (AvgIpc) is 2.74. The summed E-state index contributed by atoms with van der Waals surface area (Å²) < 4.78 is 10.6. The molecule has 1 fully saturated rings. The molecule has 0 aromatic heterocycles. The van der Waals surface area contributed by atoms with Crippen LogP contribution in [0, 0.1) is 5.92 Å². The normalized spacial score (nSPS) is 20.3. The van der Waals surface area contributed by atoms with Gasteiger partial charge in [-0.1, -0.05) is 12.1 Å². The van der Waals surface area contributed by atoms with Gasteiger partial charge >= 0.3 is 12.0 Å². The van der Waals surface area contributed by atoms with Crippen LogP contribution in [0.2, 0.25) is 0 Å². The highest BCUT2D eigenvalue weighted by molar-refractivity contribution is 5.95. The lowest BCUT2D eigenvalue weighted by atomic mass is 9.93. The van der Waals surface area contributed by atoms with Gasteiger partial charge in [-0.25, -0.2) is 9.59 Å². The van der Waals surface area contributed by atoms with E-state index in [4.69, 9.17) is 15.2 Å². The lowest BCUT2D eigenvalue weighted by Gasteiger charge is -2.34. The van der Waals surface area contributed by atoms with Crippen LogP contribution in [-0.4, -0.2) is 56.2 Å². The van der Waals surface area contributed by atoms with Gasteiger partial charge in [0, 0.05) is 18.2 Å². The second kappa shape index (κ2) is 9.62. The van der Waals surface area contributed by atoms with Gasteiger partial charge in [0.25, 0.3) is 0 Å². The van der Waals surface area contributed by atoms with E-state index in [1.54, 1.807) is 32.2 Å². The molecule has 2 heterocycles. The molecule has 4 N–H and O–H groups in total. The number of likely N-dealkylation sites (tertiary alicyclic amines) is 1. The largest absolute Gasteiger partial charge is 0.497 e. The smallest absolute Gasteiger partial charge is 0.338 e. The summed E-state index contributed by atoms with van der Waals surface area (Å²) in [5.74, 6) is -0.278. The molecule has 162 valence electrons. The maximum absolute atomic E-state index is 12.9. The fraction of sp³-hybridized carbons (Fsp3) is 0.476. The molecule has 9 nitrogen and oxygen atoms in total. The molecule has 1 saturated heterocycles. The Morgan fingerprint density at radius 2 is 2.00 bits per heavy atom. The number of piperidine rings is 1. The number of urea groups is 1. The number of carbonyl (C=O) groups excluding carboxylic acids is 3. The zero-order chi connectivity index (χ0) is 21.7. The van der Waals surface area contributed by atoms with Gasteiger partial charge in [0.1, 0.15) is 5.75 Å². The van der Waals surface area contributed by atoms with Crippen LogP contribution < -0.4 is 21.1 Å². The molecule has 2 aliphatic rings. The number of nitrogens with one attached hydrogen (secondary N) is 2. The van der Waals surface area contributed by atoms with E-state index < -0.39 is 18.0 Å². The number of esters is 1. The molecule has 3 rings (SSSR count). The second-order valence-electron chi connectivity index (χ2n) is 7.37. The van der Waals surface area contributed by atoms with E-state index in [9.17, 15) is 14.4 Å². The molecular weight excluding hydrogens is 388 g/mol.